The summed E-state index contributed by atoms with van der Waals surface area (Å²) >= 11 is 0. The van der Waals surface area contributed by atoms with Crippen LogP contribution in [-0.2, 0) is 12.7 Å². The van der Waals surface area contributed by atoms with Crippen LogP contribution in [0.25, 0.3) is 5.69 Å². The Labute approximate surface area is 114 Å². The number of hydrogen-bond donors (Lipinski definition) is 1. The molecule has 0 bridgehead atoms. The van der Waals surface area contributed by atoms with E-state index < -0.39 is 11.7 Å². The highest BCUT2D eigenvalue weighted by Crippen LogP contribution is 2.29. The molecule has 0 atom stereocenters. The van der Waals surface area contributed by atoms with Crippen LogP contribution >= 0.6 is 0 Å². The molecule has 2 rings (SSSR count). The molecular formula is C13H15F3N4. The minimum atomic E-state index is -4.33. The molecule has 7 heteroatoms. The molecule has 1 aromatic carbocycles. The lowest BCUT2D eigenvalue weighted by Crippen LogP contribution is -2.21. The fraction of sp³-hybridized carbons (Fsp3) is 0.385. The molecule has 1 heterocycles. The van der Waals surface area contributed by atoms with Crippen LogP contribution in [0.3, 0.4) is 0 Å². The number of halogens is 3. The van der Waals surface area contributed by atoms with Gasteiger partial charge in [0.1, 0.15) is 0 Å². The van der Waals surface area contributed by atoms with E-state index in [2.05, 4.69) is 15.6 Å². The Bertz CT molecular complexity index is 558. The van der Waals surface area contributed by atoms with E-state index in [1.54, 1.807) is 6.20 Å². The van der Waals surface area contributed by atoms with Gasteiger partial charge in [-0.2, -0.15) is 13.2 Å². The second-order valence-electron chi connectivity index (χ2n) is 4.73. The summed E-state index contributed by atoms with van der Waals surface area (Å²) in [5.41, 5.74) is 0.600. The van der Waals surface area contributed by atoms with Gasteiger partial charge in [0.25, 0.3) is 0 Å². The molecule has 0 fully saturated rings. The Morgan fingerprint density at radius 1 is 1.20 bits per heavy atom. The maximum atomic E-state index is 12.5. The SMILES string of the molecule is CC(C)NCc1cn(-c2ccc(C(F)(F)F)cc2)nn1. The lowest BCUT2D eigenvalue weighted by molar-refractivity contribution is -0.137. The summed E-state index contributed by atoms with van der Waals surface area (Å²) in [5.74, 6) is 0. The van der Waals surface area contributed by atoms with E-state index in [9.17, 15) is 13.2 Å². The fourth-order valence-corrected chi connectivity index (χ4v) is 1.62. The highest BCUT2D eigenvalue weighted by Gasteiger charge is 2.30. The van der Waals surface area contributed by atoms with E-state index in [0.29, 0.717) is 18.3 Å². The molecule has 0 spiro atoms. The smallest absolute Gasteiger partial charge is 0.309 e. The second kappa shape index (κ2) is 5.62. The van der Waals surface area contributed by atoms with Gasteiger partial charge in [0, 0.05) is 12.6 Å². The Hall–Kier alpha value is -1.89. The predicted octanol–water partition coefficient (Wildman–Crippen LogP) is 2.78. The van der Waals surface area contributed by atoms with Gasteiger partial charge in [0.2, 0.25) is 0 Å². The van der Waals surface area contributed by atoms with Crippen molar-refractivity contribution in [3.63, 3.8) is 0 Å². The van der Waals surface area contributed by atoms with Gasteiger partial charge in [-0.1, -0.05) is 19.1 Å². The van der Waals surface area contributed by atoms with Crippen LogP contribution < -0.4 is 5.32 Å². The van der Waals surface area contributed by atoms with Crippen molar-refractivity contribution < 1.29 is 13.2 Å². The van der Waals surface area contributed by atoms with Crippen molar-refractivity contribution in [2.75, 3.05) is 0 Å². The monoisotopic (exact) mass is 284 g/mol. The minimum absolute atomic E-state index is 0.325. The molecule has 0 saturated heterocycles. The zero-order chi connectivity index (χ0) is 14.8. The predicted molar refractivity (Wildman–Crippen MR) is 68.3 cm³/mol. The topological polar surface area (TPSA) is 42.7 Å². The molecule has 0 unspecified atom stereocenters. The lowest BCUT2D eigenvalue weighted by atomic mass is 10.2. The van der Waals surface area contributed by atoms with Gasteiger partial charge in [-0.3, -0.25) is 0 Å². The zero-order valence-electron chi connectivity index (χ0n) is 11.1. The summed E-state index contributed by atoms with van der Waals surface area (Å²) in [6.45, 7) is 4.60. The molecule has 2 aromatic rings. The van der Waals surface area contributed by atoms with Crippen LogP contribution in [-0.4, -0.2) is 21.0 Å². The van der Waals surface area contributed by atoms with E-state index in [1.807, 2.05) is 13.8 Å². The molecule has 1 N–H and O–H groups in total. The molecule has 0 aliphatic rings. The van der Waals surface area contributed by atoms with Gasteiger partial charge in [-0.25, -0.2) is 4.68 Å². The number of nitrogens with zero attached hydrogens (tertiary/aromatic N) is 3. The van der Waals surface area contributed by atoms with Gasteiger partial charge < -0.3 is 5.32 Å². The van der Waals surface area contributed by atoms with Crippen molar-refractivity contribution in [3.05, 3.63) is 41.7 Å². The third-order valence-corrected chi connectivity index (χ3v) is 2.69. The number of aromatic nitrogens is 3. The molecule has 20 heavy (non-hydrogen) atoms. The van der Waals surface area contributed by atoms with Crippen LogP contribution in [0.2, 0.25) is 0 Å². The standard InChI is InChI=1S/C13H15F3N4/c1-9(2)17-7-11-8-20(19-18-11)12-5-3-10(4-6-12)13(14,15)16/h3-6,8-9,17H,7H2,1-2H3. The Morgan fingerprint density at radius 3 is 2.40 bits per heavy atom. The van der Waals surface area contributed by atoms with E-state index >= 15 is 0 Å². The van der Waals surface area contributed by atoms with Crippen molar-refractivity contribution in [2.45, 2.75) is 32.6 Å². The highest BCUT2D eigenvalue weighted by atomic mass is 19.4. The molecular weight excluding hydrogens is 269 g/mol. The average Bonchev–Trinajstić information content (AvgIpc) is 2.84. The molecule has 0 aliphatic heterocycles. The number of benzene rings is 1. The van der Waals surface area contributed by atoms with Crippen molar-refractivity contribution >= 4 is 0 Å². The van der Waals surface area contributed by atoms with Crippen molar-refractivity contribution in [2.24, 2.45) is 0 Å². The maximum absolute atomic E-state index is 12.5. The quantitative estimate of drug-likeness (QED) is 0.938. The average molecular weight is 284 g/mol. The molecule has 0 saturated carbocycles. The Morgan fingerprint density at radius 2 is 1.85 bits per heavy atom. The van der Waals surface area contributed by atoms with E-state index in [1.165, 1.54) is 16.8 Å². The zero-order valence-corrected chi connectivity index (χ0v) is 11.1. The third kappa shape index (κ3) is 3.57. The molecule has 0 aliphatic carbocycles. The highest BCUT2D eigenvalue weighted by molar-refractivity contribution is 5.34. The van der Waals surface area contributed by atoms with Gasteiger partial charge >= 0.3 is 6.18 Å². The maximum Gasteiger partial charge on any atom is 0.416 e. The molecule has 1 aromatic heterocycles. The van der Waals surface area contributed by atoms with Gasteiger partial charge in [0.15, 0.2) is 0 Å². The van der Waals surface area contributed by atoms with Gasteiger partial charge in [0.05, 0.1) is 23.1 Å². The normalized spacial score (nSPS) is 12.1. The Balaban J connectivity index is 2.12. The summed E-state index contributed by atoms with van der Waals surface area (Å²) in [7, 11) is 0. The Kier molecular flexibility index (Phi) is 4.08. The largest absolute Gasteiger partial charge is 0.416 e. The minimum Gasteiger partial charge on any atom is -0.309 e. The number of rotatable bonds is 4. The number of nitrogens with one attached hydrogen (secondary N) is 1. The summed E-state index contributed by atoms with van der Waals surface area (Å²) in [6, 6.07) is 5.13. The van der Waals surface area contributed by atoms with E-state index in [-0.39, 0.29) is 0 Å². The first-order valence-corrected chi connectivity index (χ1v) is 6.18. The van der Waals surface area contributed by atoms with Crippen LogP contribution in [0.4, 0.5) is 13.2 Å². The van der Waals surface area contributed by atoms with Crippen LogP contribution in [0.5, 0.6) is 0 Å². The second-order valence-corrected chi connectivity index (χ2v) is 4.73. The van der Waals surface area contributed by atoms with E-state index in [4.69, 9.17) is 0 Å². The fourth-order valence-electron chi connectivity index (χ4n) is 1.62. The van der Waals surface area contributed by atoms with Crippen LogP contribution in [0.1, 0.15) is 25.1 Å². The van der Waals surface area contributed by atoms with Crippen LogP contribution in [0, 0.1) is 0 Å². The molecule has 4 nitrogen and oxygen atoms in total. The van der Waals surface area contributed by atoms with Crippen molar-refractivity contribution in [3.8, 4) is 5.69 Å². The first-order valence-electron chi connectivity index (χ1n) is 6.18. The summed E-state index contributed by atoms with van der Waals surface area (Å²) in [4.78, 5) is 0. The summed E-state index contributed by atoms with van der Waals surface area (Å²) in [5, 5.41) is 11.1. The third-order valence-electron chi connectivity index (χ3n) is 2.69. The number of hydrogen-bond acceptors (Lipinski definition) is 3. The van der Waals surface area contributed by atoms with Crippen LogP contribution in [0.15, 0.2) is 30.5 Å². The van der Waals surface area contributed by atoms with Crippen molar-refractivity contribution in [1.82, 2.24) is 20.3 Å². The number of alkyl halides is 3. The molecule has 0 radical (unpaired) electrons. The summed E-state index contributed by atoms with van der Waals surface area (Å²) in [6.07, 6.45) is -2.63. The van der Waals surface area contributed by atoms with Crippen molar-refractivity contribution in [1.29, 1.82) is 0 Å². The molecule has 108 valence electrons. The first kappa shape index (κ1) is 14.5. The summed E-state index contributed by atoms with van der Waals surface area (Å²) < 4.78 is 38.8. The first-order chi connectivity index (χ1) is 9.36. The van der Waals surface area contributed by atoms with E-state index in [0.717, 1.165) is 17.8 Å². The van der Waals surface area contributed by atoms with Gasteiger partial charge in [-0.05, 0) is 24.3 Å². The molecule has 0 amide bonds. The van der Waals surface area contributed by atoms with Gasteiger partial charge in [-0.15, -0.1) is 5.10 Å². The lowest BCUT2D eigenvalue weighted by Gasteiger charge is -2.07.